The van der Waals surface area contributed by atoms with Gasteiger partial charge in [0.2, 0.25) is 0 Å². The van der Waals surface area contributed by atoms with E-state index >= 15 is 0 Å². The molecule has 1 N–H and O–H groups in total. The number of sulfone groups is 1. The van der Waals surface area contributed by atoms with Crippen LogP contribution in [0.1, 0.15) is 12.8 Å². The Labute approximate surface area is 91.2 Å². The highest BCUT2D eigenvalue weighted by Gasteiger charge is 2.40. The molecule has 2 unspecified atom stereocenters. The van der Waals surface area contributed by atoms with E-state index in [1.54, 1.807) is 0 Å². The Morgan fingerprint density at radius 1 is 1.53 bits per heavy atom. The quantitative estimate of drug-likeness (QED) is 0.699. The van der Waals surface area contributed by atoms with Gasteiger partial charge in [-0.1, -0.05) is 0 Å². The second-order valence-electron chi connectivity index (χ2n) is 3.81. The first kappa shape index (κ1) is 12.6. The topological polar surface area (TPSA) is 88.5 Å². The number of hydrogen-bond donors (Lipinski definition) is 1. The van der Waals surface area contributed by atoms with E-state index in [0.29, 0.717) is 0 Å². The minimum atomic E-state index is -3.17. The smallest absolute Gasteiger partial charge is 0.319 e. The third-order valence-electron chi connectivity index (χ3n) is 2.23. The summed E-state index contributed by atoms with van der Waals surface area (Å²) in [4.78, 5) is 10.8. The molecule has 1 saturated carbocycles. The summed E-state index contributed by atoms with van der Waals surface area (Å²) in [7, 11) is -4.75. The SMILES string of the molecule is CS(=O)(=O)CCS(=O)C(C(=O)O)C1CC1. The molecule has 0 aliphatic heterocycles. The van der Waals surface area contributed by atoms with Crippen LogP contribution in [0.2, 0.25) is 0 Å². The van der Waals surface area contributed by atoms with Gasteiger partial charge in [0.15, 0.2) is 0 Å². The number of hydrogen-bond acceptors (Lipinski definition) is 4. The zero-order valence-corrected chi connectivity index (χ0v) is 10.0. The zero-order chi connectivity index (χ0) is 11.6. The predicted molar refractivity (Wildman–Crippen MR) is 56.9 cm³/mol. The molecule has 0 aromatic heterocycles. The molecule has 0 aromatic rings. The number of carbonyl (C=O) groups is 1. The summed E-state index contributed by atoms with van der Waals surface area (Å²) < 4.78 is 33.2. The first-order chi connectivity index (χ1) is 6.81. The van der Waals surface area contributed by atoms with E-state index in [0.717, 1.165) is 19.1 Å². The first-order valence-corrected chi connectivity index (χ1v) is 8.03. The molecule has 15 heavy (non-hydrogen) atoms. The zero-order valence-electron chi connectivity index (χ0n) is 8.38. The summed E-state index contributed by atoms with van der Waals surface area (Å²) in [6.45, 7) is 0. The van der Waals surface area contributed by atoms with Gasteiger partial charge in [-0.15, -0.1) is 0 Å². The minimum Gasteiger partial charge on any atom is -0.480 e. The van der Waals surface area contributed by atoms with Gasteiger partial charge in [-0.25, -0.2) is 8.42 Å². The normalized spacial score (nSPS) is 20.9. The van der Waals surface area contributed by atoms with Crippen molar-refractivity contribution in [3.05, 3.63) is 0 Å². The number of aliphatic carboxylic acids is 1. The highest BCUT2D eigenvalue weighted by atomic mass is 32.2. The van der Waals surface area contributed by atoms with Gasteiger partial charge in [0.05, 0.1) is 5.75 Å². The molecule has 5 nitrogen and oxygen atoms in total. The Morgan fingerprint density at radius 2 is 2.07 bits per heavy atom. The molecule has 1 aliphatic rings. The van der Waals surface area contributed by atoms with E-state index in [9.17, 15) is 17.4 Å². The fourth-order valence-corrected chi connectivity index (χ4v) is 4.34. The maximum atomic E-state index is 11.6. The van der Waals surface area contributed by atoms with E-state index < -0.39 is 31.9 Å². The highest BCUT2D eigenvalue weighted by Crippen LogP contribution is 2.35. The highest BCUT2D eigenvalue weighted by molar-refractivity contribution is 7.92. The van der Waals surface area contributed by atoms with Crippen molar-refractivity contribution in [3.8, 4) is 0 Å². The molecule has 0 spiro atoms. The first-order valence-electron chi connectivity index (χ1n) is 4.59. The standard InChI is InChI=1S/C8H14O5S2/c1-15(12,13)5-4-14(11)7(8(9)10)6-2-3-6/h6-7H,2-5H2,1H3,(H,9,10). The molecule has 7 heteroatoms. The molecule has 1 aliphatic carbocycles. The summed E-state index contributed by atoms with van der Waals surface area (Å²) in [6, 6.07) is 0. The van der Waals surface area contributed by atoms with E-state index in [4.69, 9.17) is 5.11 Å². The molecule has 0 bridgehead atoms. The third-order valence-corrected chi connectivity index (χ3v) is 5.20. The fourth-order valence-electron chi connectivity index (χ4n) is 1.29. The molecule has 0 saturated heterocycles. The van der Waals surface area contributed by atoms with Crippen LogP contribution in [-0.4, -0.2) is 46.7 Å². The number of rotatable bonds is 6. The van der Waals surface area contributed by atoms with Gasteiger partial charge in [-0.05, 0) is 18.8 Å². The lowest BCUT2D eigenvalue weighted by atomic mass is 10.3. The van der Waals surface area contributed by atoms with Crippen LogP contribution in [0.5, 0.6) is 0 Å². The summed E-state index contributed by atoms with van der Waals surface area (Å²) in [6.07, 6.45) is 2.61. The third kappa shape index (κ3) is 4.29. The Balaban J connectivity index is 2.54. The van der Waals surface area contributed by atoms with Gasteiger partial charge in [0.1, 0.15) is 15.1 Å². The fraction of sp³-hybridized carbons (Fsp3) is 0.875. The molecule has 0 aromatic carbocycles. The molecule has 0 heterocycles. The van der Waals surface area contributed by atoms with Crippen LogP contribution in [-0.2, 0) is 25.4 Å². The molecular weight excluding hydrogens is 240 g/mol. The van der Waals surface area contributed by atoms with Crippen molar-refractivity contribution >= 4 is 26.6 Å². The lowest BCUT2D eigenvalue weighted by molar-refractivity contribution is -0.136. The maximum Gasteiger partial charge on any atom is 0.319 e. The largest absolute Gasteiger partial charge is 0.480 e. The monoisotopic (exact) mass is 254 g/mol. The summed E-state index contributed by atoms with van der Waals surface area (Å²) in [5.74, 6) is -1.39. The van der Waals surface area contributed by atoms with Crippen molar-refractivity contribution in [1.29, 1.82) is 0 Å². The van der Waals surface area contributed by atoms with Gasteiger partial charge in [0.25, 0.3) is 0 Å². The van der Waals surface area contributed by atoms with Crippen LogP contribution in [0.3, 0.4) is 0 Å². The van der Waals surface area contributed by atoms with Gasteiger partial charge >= 0.3 is 5.97 Å². The van der Waals surface area contributed by atoms with Crippen LogP contribution in [0.25, 0.3) is 0 Å². The Bertz CT molecular complexity index is 368. The molecule has 0 radical (unpaired) electrons. The summed E-state index contributed by atoms with van der Waals surface area (Å²) in [5, 5.41) is 7.96. The van der Waals surface area contributed by atoms with E-state index in [1.165, 1.54) is 0 Å². The molecule has 2 atom stereocenters. The van der Waals surface area contributed by atoms with Crippen molar-refractivity contribution in [2.75, 3.05) is 17.8 Å². The minimum absolute atomic E-state index is 0.0251. The van der Waals surface area contributed by atoms with Crippen LogP contribution in [0, 0.1) is 5.92 Å². The van der Waals surface area contributed by atoms with Crippen LogP contribution in [0.15, 0.2) is 0 Å². The van der Waals surface area contributed by atoms with Crippen molar-refractivity contribution in [1.82, 2.24) is 0 Å². The average Bonchev–Trinajstić information content (AvgIpc) is 2.83. The van der Waals surface area contributed by atoms with Gasteiger partial charge in [-0.3, -0.25) is 9.00 Å². The number of carboxylic acids is 1. The number of carboxylic acid groups (broad SMARTS) is 1. The predicted octanol–water partition coefficient (Wildman–Crippen LogP) is -0.357. The van der Waals surface area contributed by atoms with E-state index in [1.807, 2.05) is 0 Å². The van der Waals surface area contributed by atoms with Crippen molar-refractivity contribution in [2.24, 2.45) is 5.92 Å². The Hall–Kier alpha value is -0.430. The van der Waals surface area contributed by atoms with E-state index in [-0.39, 0.29) is 17.4 Å². The van der Waals surface area contributed by atoms with E-state index in [2.05, 4.69) is 0 Å². The summed E-state index contributed by atoms with van der Waals surface area (Å²) >= 11 is 0. The maximum absolute atomic E-state index is 11.6. The van der Waals surface area contributed by atoms with Gasteiger partial charge < -0.3 is 5.11 Å². The second kappa shape index (κ2) is 4.61. The Kier molecular flexibility index (Phi) is 3.88. The van der Waals surface area contributed by atoms with Gasteiger partial charge in [-0.2, -0.15) is 0 Å². The molecule has 88 valence electrons. The van der Waals surface area contributed by atoms with Crippen molar-refractivity contribution < 1.29 is 22.5 Å². The van der Waals surface area contributed by atoms with Gasteiger partial charge in [0, 0.05) is 22.8 Å². The molecule has 1 rings (SSSR count). The molecular formula is C8H14O5S2. The lowest BCUT2D eigenvalue weighted by Crippen LogP contribution is -2.31. The van der Waals surface area contributed by atoms with Crippen LogP contribution >= 0.6 is 0 Å². The average molecular weight is 254 g/mol. The van der Waals surface area contributed by atoms with Crippen LogP contribution in [0.4, 0.5) is 0 Å². The lowest BCUT2D eigenvalue weighted by Gasteiger charge is -2.10. The summed E-state index contributed by atoms with van der Waals surface area (Å²) in [5.41, 5.74) is 0. The second-order valence-corrected chi connectivity index (χ2v) is 7.75. The van der Waals surface area contributed by atoms with Crippen molar-refractivity contribution in [3.63, 3.8) is 0 Å². The molecule has 1 fully saturated rings. The van der Waals surface area contributed by atoms with Crippen molar-refractivity contribution in [2.45, 2.75) is 18.1 Å². The Morgan fingerprint density at radius 3 is 2.40 bits per heavy atom. The van der Waals surface area contributed by atoms with Crippen LogP contribution < -0.4 is 0 Å². The molecule has 0 amide bonds.